The molecule has 5 heterocycles. The Morgan fingerprint density at radius 2 is 2.15 bits per heavy atom. The molecule has 3 fully saturated rings. The van der Waals surface area contributed by atoms with E-state index in [1.807, 2.05) is 22.8 Å². The molecule has 10 nitrogen and oxygen atoms in total. The number of aromatic carboxylic acids is 1. The Bertz CT molecular complexity index is 1690. The SMILES string of the molecule is N#Cc1ccc(COc2cccc([C@@]34CCN(Cc5nc6oc(C(=O)O)cc6n5C[C@@H]5CCO5)C[C@@H]3C4)n2)c(F)c1. The fourth-order valence-electron chi connectivity index (χ4n) is 6.15. The van der Waals surface area contributed by atoms with Crippen LogP contribution in [0.3, 0.4) is 0 Å². The van der Waals surface area contributed by atoms with Crippen molar-refractivity contribution in [1.29, 1.82) is 5.26 Å². The fourth-order valence-corrected chi connectivity index (χ4v) is 6.15. The molecule has 0 unspecified atom stereocenters. The minimum Gasteiger partial charge on any atom is -0.475 e. The highest BCUT2D eigenvalue weighted by Crippen LogP contribution is 2.59. The molecular weight excluding hydrogens is 529 g/mol. The lowest BCUT2D eigenvalue weighted by Gasteiger charge is -2.32. The van der Waals surface area contributed by atoms with Crippen LogP contribution in [0.5, 0.6) is 5.88 Å². The molecule has 0 amide bonds. The average molecular weight is 558 g/mol. The number of imidazole rings is 1. The van der Waals surface area contributed by atoms with Crippen molar-refractivity contribution < 1.29 is 28.2 Å². The van der Waals surface area contributed by atoms with Crippen molar-refractivity contribution in [1.82, 2.24) is 19.4 Å². The average Bonchev–Trinajstić information content (AvgIpc) is 3.40. The molecule has 2 saturated heterocycles. The van der Waals surface area contributed by atoms with Gasteiger partial charge in [-0.05, 0) is 49.9 Å². The molecule has 3 atom stereocenters. The third-order valence-electron chi connectivity index (χ3n) is 8.66. The molecule has 1 saturated carbocycles. The number of carbonyl (C=O) groups is 1. The first kappa shape index (κ1) is 25.7. The van der Waals surface area contributed by atoms with Crippen molar-refractivity contribution in [2.24, 2.45) is 5.92 Å². The van der Waals surface area contributed by atoms with Crippen molar-refractivity contribution in [2.45, 2.75) is 50.5 Å². The van der Waals surface area contributed by atoms with Crippen molar-refractivity contribution in [3.63, 3.8) is 0 Å². The molecule has 0 spiro atoms. The number of aromatic nitrogens is 3. The molecule has 1 aliphatic carbocycles. The molecule has 41 heavy (non-hydrogen) atoms. The van der Waals surface area contributed by atoms with E-state index in [0.717, 1.165) is 50.5 Å². The van der Waals surface area contributed by atoms with Crippen LogP contribution in [-0.4, -0.2) is 56.3 Å². The highest BCUT2D eigenvalue weighted by atomic mass is 19.1. The zero-order valence-electron chi connectivity index (χ0n) is 22.3. The van der Waals surface area contributed by atoms with E-state index in [9.17, 15) is 14.3 Å². The number of piperidine rings is 1. The summed E-state index contributed by atoms with van der Waals surface area (Å²) in [5, 5.41) is 18.3. The smallest absolute Gasteiger partial charge is 0.371 e. The first-order valence-electron chi connectivity index (χ1n) is 13.8. The number of hydrogen-bond acceptors (Lipinski definition) is 8. The minimum absolute atomic E-state index is 0.00868. The number of nitrogens with zero attached hydrogens (tertiary/aromatic N) is 5. The van der Waals surface area contributed by atoms with Gasteiger partial charge in [0.15, 0.2) is 0 Å². The molecule has 3 aromatic heterocycles. The molecule has 1 aromatic carbocycles. The van der Waals surface area contributed by atoms with Crippen molar-refractivity contribution in [3.05, 3.63) is 76.7 Å². The third kappa shape index (κ3) is 4.73. The highest BCUT2D eigenvalue weighted by molar-refractivity contribution is 5.89. The van der Waals surface area contributed by atoms with Gasteiger partial charge in [-0.2, -0.15) is 10.2 Å². The van der Waals surface area contributed by atoms with Gasteiger partial charge >= 0.3 is 5.97 Å². The number of ether oxygens (including phenoxy) is 2. The number of benzene rings is 1. The molecule has 210 valence electrons. The summed E-state index contributed by atoms with van der Waals surface area (Å²) in [5.41, 5.74) is 2.69. The summed E-state index contributed by atoms with van der Waals surface area (Å²) in [6.07, 6.45) is 3.05. The summed E-state index contributed by atoms with van der Waals surface area (Å²) in [6, 6.07) is 13.6. The van der Waals surface area contributed by atoms with E-state index in [0.29, 0.717) is 41.7 Å². The molecular formula is C30H28FN5O5. The number of rotatable bonds is 9. The van der Waals surface area contributed by atoms with E-state index in [2.05, 4.69) is 9.88 Å². The van der Waals surface area contributed by atoms with Crippen LogP contribution in [0.4, 0.5) is 4.39 Å². The van der Waals surface area contributed by atoms with Crippen LogP contribution in [0.25, 0.3) is 11.2 Å². The van der Waals surface area contributed by atoms with E-state index in [1.165, 1.54) is 6.07 Å². The molecule has 2 aliphatic heterocycles. The lowest BCUT2D eigenvalue weighted by atomic mass is 9.91. The minimum atomic E-state index is -1.11. The molecule has 3 aliphatic rings. The third-order valence-corrected chi connectivity index (χ3v) is 8.66. The summed E-state index contributed by atoms with van der Waals surface area (Å²) < 4.78 is 33.3. The van der Waals surface area contributed by atoms with Crippen molar-refractivity contribution >= 4 is 17.2 Å². The lowest BCUT2D eigenvalue weighted by molar-refractivity contribution is -0.0592. The fraction of sp³-hybridized carbons (Fsp3) is 0.400. The molecule has 7 rings (SSSR count). The van der Waals surface area contributed by atoms with Crippen LogP contribution >= 0.6 is 0 Å². The van der Waals surface area contributed by atoms with Gasteiger partial charge in [-0.3, -0.25) is 4.90 Å². The lowest BCUT2D eigenvalue weighted by Crippen LogP contribution is -2.37. The van der Waals surface area contributed by atoms with E-state index >= 15 is 0 Å². The van der Waals surface area contributed by atoms with Gasteiger partial charge in [0.2, 0.25) is 17.4 Å². The number of fused-ring (bicyclic) bond motifs is 2. The summed E-state index contributed by atoms with van der Waals surface area (Å²) in [5.74, 6) is 0.0694. The van der Waals surface area contributed by atoms with Crippen LogP contribution in [0.1, 0.15) is 52.5 Å². The largest absolute Gasteiger partial charge is 0.475 e. The van der Waals surface area contributed by atoms with Gasteiger partial charge in [0.05, 0.1) is 36.5 Å². The van der Waals surface area contributed by atoms with Gasteiger partial charge in [0.25, 0.3) is 0 Å². The Labute approximate surface area is 234 Å². The van der Waals surface area contributed by atoms with Gasteiger partial charge < -0.3 is 23.6 Å². The summed E-state index contributed by atoms with van der Waals surface area (Å²) in [6.45, 7) is 3.80. The molecule has 0 radical (unpaired) electrons. The second-order valence-electron chi connectivity index (χ2n) is 11.1. The van der Waals surface area contributed by atoms with Crippen LogP contribution < -0.4 is 4.74 Å². The van der Waals surface area contributed by atoms with Crippen LogP contribution in [0.2, 0.25) is 0 Å². The Kier molecular flexibility index (Phi) is 6.25. The topological polar surface area (TPSA) is 127 Å². The van der Waals surface area contributed by atoms with Crippen LogP contribution in [-0.2, 0) is 29.8 Å². The van der Waals surface area contributed by atoms with Gasteiger partial charge in [-0.1, -0.05) is 12.1 Å². The number of pyridine rings is 1. The Morgan fingerprint density at radius 3 is 2.88 bits per heavy atom. The number of likely N-dealkylation sites (tertiary alicyclic amines) is 1. The summed E-state index contributed by atoms with van der Waals surface area (Å²) in [7, 11) is 0. The number of furan rings is 1. The first-order valence-corrected chi connectivity index (χ1v) is 13.8. The molecule has 11 heteroatoms. The number of halogens is 1. The van der Waals surface area contributed by atoms with E-state index in [-0.39, 0.29) is 29.4 Å². The first-order chi connectivity index (χ1) is 19.9. The number of nitriles is 1. The normalized spacial score (nSPS) is 23.5. The predicted molar refractivity (Wildman–Crippen MR) is 143 cm³/mol. The molecule has 4 aromatic rings. The second kappa shape index (κ2) is 9.98. The van der Waals surface area contributed by atoms with E-state index in [1.54, 1.807) is 24.3 Å². The number of carboxylic acids is 1. The van der Waals surface area contributed by atoms with E-state index in [4.69, 9.17) is 24.1 Å². The zero-order valence-corrected chi connectivity index (χ0v) is 22.3. The zero-order chi connectivity index (χ0) is 28.1. The van der Waals surface area contributed by atoms with Gasteiger partial charge in [-0.25, -0.2) is 14.2 Å². The standard InChI is InChI=1S/C30H28FN5O5/c31-22-10-18(13-32)4-5-19(22)17-40-27-3-1-2-25(33-27)30-7-8-35(14-20(30)12-30)16-26-34-28-23(11-24(41-28)29(37)38)36(26)15-21-6-9-39-21/h1-5,10-11,20-21H,6-9,12,14-17H2,(H,37,38)/t20-,21-,30+/m0/s1. The monoisotopic (exact) mass is 557 g/mol. The number of hydrogen-bond donors (Lipinski definition) is 1. The maximum absolute atomic E-state index is 14.3. The number of carboxylic acid groups (broad SMARTS) is 1. The van der Waals surface area contributed by atoms with Crippen molar-refractivity contribution in [2.75, 3.05) is 19.7 Å². The van der Waals surface area contributed by atoms with Crippen LogP contribution in [0.15, 0.2) is 46.9 Å². The maximum atomic E-state index is 14.3. The Balaban J connectivity index is 1.03. The summed E-state index contributed by atoms with van der Waals surface area (Å²) >= 11 is 0. The Hall–Kier alpha value is -4.27. The van der Waals surface area contributed by atoms with Crippen LogP contribution in [0, 0.1) is 23.1 Å². The van der Waals surface area contributed by atoms with Crippen molar-refractivity contribution in [3.8, 4) is 11.9 Å². The second-order valence-corrected chi connectivity index (χ2v) is 11.1. The van der Waals surface area contributed by atoms with Gasteiger partial charge in [0, 0.05) is 36.3 Å². The van der Waals surface area contributed by atoms with Gasteiger partial charge in [0.1, 0.15) is 23.8 Å². The molecule has 1 N–H and O–H groups in total. The quantitative estimate of drug-likeness (QED) is 0.321. The highest BCUT2D eigenvalue weighted by Gasteiger charge is 2.58. The maximum Gasteiger partial charge on any atom is 0.371 e. The predicted octanol–water partition coefficient (Wildman–Crippen LogP) is 4.26. The van der Waals surface area contributed by atoms with E-state index < -0.39 is 11.8 Å². The molecule has 0 bridgehead atoms. The Morgan fingerprint density at radius 1 is 1.27 bits per heavy atom. The summed E-state index contributed by atoms with van der Waals surface area (Å²) in [4.78, 5) is 23.3. The van der Waals surface area contributed by atoms with Gasteiger partial charge in [-0.15, -0.1) is 0 Å².